The Hall–Kier alpha value is -3.40. The van der Waals surface area contributed by atoms with Gasteiger partial charge >= 0.3 is 6.03 Å². The molecule has 3 aliphatic heterocycles. The molecule has 2 fully saturated rings. The van der Waals surface area contributed by atoms with Crippen molar-refractivity contribution in [3.8, 4) is 0 Å². The molecule has 10 nitrogen and oxygen atoms in total. The van der Waals surface area contributed by atoms with Gasteiger partial charge < -0.3 is 25.8 Å². The summed E-state index contributed by atoms with van der Waals surface area (Å²) in [6.07, 6.45) is 4.50. The summed E-state index contributed by atoms with van der Waals surface area (Å²) < 4.78 is 0. The molecule has 4 heterocycles. The summed E-state index contributed by atoms with van der Waals surface area (Å²) in [5.74, 6) is 0.412. The summed E-state index contributed by atoms with van der Waals surface area (Å²) in [5.41, 5.74) is 9.38. The zero-order valence-electron chi connectivity index (χ0n) is 22.3. The van der Waals surface area contributed by atoms with Gasteiger partial charge in [-0.2, -0.15) is 0 Å². The molecule has 3 aliphatic rings. The van der Waals surface area contributed by atoms with Crippen LogP contribution in [0.2, 0.25) is 0 Å². The largest absolute Gasteiger partial charge is 0.364 e. The van der Waals surface area contributed by atoms with Crippen molar-refractivity contribution < 1.29 is 9.59 Å². The monoisotopic (exact) mass is 506 g/mol. The molecule has 0 saturated carbocycles. The van der Waals surface area contributed by atoms with E-state index in [1.165, 1.54) is 11.1 Å². The molecule has 10 heteroatoms. The molecule has 198 valence electrons. The number of primary amides is 1. The van der Waals surface area contributed by atoms with Gasteiger partial charge in [-0.3, -0.25) is 9.69 Å². The number of nitrogens with two attached hydrogens (primary N) is 1. The van der Waals surface area contributed by atoms with Crippen LogP contribution in [-0.2, 0) is 13.0 Å². The fourth-order valence-electron chi connectivity index (χ4n) is 5.56. The first-order valence-corrected chi connectivity index (χ1v) is 13.2. The Bertz CT molecular complexity index is 1190. The number of nitrogens with zero attached hydrogens (tertiary/aromatic N) is 6. The van der Waals surface area contributed by atoms with Crippen LogP contribution in [-0.4, -0.2) is 88.0 Å². The molecule has 0 unspecified atom stereocenters. The summed E-state index contributed by atoms with van der Waals surface area (Å²) in [6.45, 7) is 11.7. The lowest BCUT2D eigenvalue weighted by Crippen LogP contribution is -2.49. The van der Waals surface area contributed by atoms with Crippen molar-refractivity contribution in [1.29, 1.82) is 0 Å². The van der Waals surface area contributed by atoms with Crippen LogP contribution in [0.5, 0.6) is 0 Å². The van der Waals surface area contributed by atoms with Crippen LogP contribution in [0.4, 0.5) is 22.1 Å². The number of benzene rings is 1. The van der Waals surface area contributed by atoms with Gasteiger partial charge in [0, 0.05) is 57.5 Å². The number of aromatic nitrogens is 2. The number of anilines is 3. The maximum Gasteiger partial charge on any atom is 0.320 e. The fourth-order valence-corrected chi connectivity index (χ4v) is 5.56. The quantitative estimate of drug-likeness (QED) is 0.642. The third-order valence-corrected chi connectivity index (χ3v) is 7.83. The van der Waals surface area contributed by atoms with E-state index < -0.39 is 5.91 Å². The van der Waals surface area contributed by atoms with Gasteiger partial charge in [-0.05, 0) is 63.3 Å². The van der Waals surface area contributed by atoms with Crippen LogP contribution in [0.25, 0.3) is 0 Å². The number of likely N-dealkylation sites (N-methyl/N-ethyl adjacent to an activating group) is 1. The highest BCUT2D eigenvalue weighted by Gasteiger charge is 2.34. The number of rotatable bonds is 5. The minimum Gasteiger partial charge on any atom is -0.364 e. The first-order chi connectivity index (χ1) is 17.6. The zero-order chi connectivity index (χ0) is 26.3. The third kappa shape index (κ3) is 5.20. The van der Waals surface area contributed by atoms with Gasteiger partial charge in [0.25, 0.3) is 5.91 Å². The van der Waals surface area contributed by atoms with Gasteiger partial charge in [0.15, 0.2) is 11.5 Å². The van der Waals surface area contributed by atoms with Gasteiger partial charge in [0.2, 0.25) is 0 Å². The Morgan fingerprint density at radius 1 is 1.14 bits per heavy atom. The summed E-state index contributed by atoms with van der Waals surface area (Å²) in [6, 6.07) is 6.53. The van der Waals surface area contributed by atoms with E-state index in [9.17, 15) is 9.59 Å². The van der Waals surface area contributed by atoms with E-state index in [1.807, 2.05) is 18.0 Å². The first kappa shape index (κ1) is 25.3. The normalized spacial score (nSPS) is 20.8. The predicted molar refractivity (Wildman–Crippen MR) is 144 cm³/mol. The average Bonchev–Trinajstić information content (AvgIpc) is 3.21. The molecule has 0 aliphatic carbocycles. The first-order valence-electron chi connectivity index (χ1n) is 13.2. The van der Waals surface area contributed by atoms with E-state index in [1.54, 1.807) is 11.1 Å². The Morgan fingerprint density at radius 2 is 1.95 bits per heavy atom. The van der Waals surface area contributed by atoms with Crippen LogP contribution < -0.4 is 16.0 Å². The maximum absolute atomic E-state index is 12.5. The lowest BCUT2D eigenvalue weighted by Gasteiger charge is -2.39. The Morgan fingerprint density at radius 3 is 2.65 bits per heavy atom. The Labute approximate surface area is 218 Å². The van der Waals surface area contributed by atoms with Crippen molar-refractivity contribution in [3.05, 3.63) is 41.2 Å². The minimum absolute atomic E-state index is 0.0856. The lowest BCUT2D eigenvalue weighted by atomic mass is 9.95. The van der Waals surface area contributed by atoms with Crippen LogP contribution in [0, 0.1) is 0 Å². The summed E-state index contributed by atoms with van der Waals surface area (Å²) >= 11 is 0. The molecule has 2 aromatic rings. The topological polar surface area (TPSA) is 111 Å². The Kier molecular flexibility index (Phi) is 6.70. The predicted octanol–water partition coefficient (Wildman–Crippen LogP) is 2.81. The van der Waals surface area contributed by atoms with Crippen molar-refractivity contribution >= 4 is 29.3 Å². The van der Waals surface area contributed by atoms with Crippen LogP contribution in [0.1, 0.15) is 55.2 Å². The summed E-state index contributed by atoms with van der Waals surface area (Å²) in [7, 11) is 1.84. The van der Waals surface area contributed by atoms with Crippen molar-refractivity contribution in [1.82, 2.24) is 24.7 Å². The van der Waals surface area contributed by atoms with Crippen LogP contribution >= 0.6 is 0 Å². The molecule has 1 aromatic heterocycles. The molecule has 1 atom stereocenters. The molecule has 2 saturated heterocycles. The SMILES string of the molecule is CN1CCN([C@@H]2CCCN(c3cnc(C(N)=O)c(Nc4ccc5c(c4)CCN(C(C)(C)C)C5)n3)C2)C1=O. The van der Waals surface area contributed by atoms with Crippen molar-refractivity contribution in [3.63, 3.8) is 0 Å². The summed E-state index contributed by atoms with van der Waals surface area (Å²) in [4.78, 5) is 42.2. The highest BCUT2D eigenvalue weighted by molar-refractivity contribution is 5.96. The van der Waals surface area contributed by atoms with Gasteiger partial charge in [0.05, 0.1) is 12.2 Å². The van der Waals surface area contributed by atoms with Crippen LogP contribution in [0.15, 0.2) is 24.4 Å². The number of hydrogen-bond acceptors (Lipinski definition) is 7. The number of urea groups is 1. The van der Waals surface area contributed by atoms with Gasteiger partial charge in [-0.25, -0.2) is 14.8 Å². The standard InChI is InChI=1S/C27H38N8O2/c1-27(2,3)34-11-9-18-14-20(8-7-19(18)16-34)30-25-23(24(28)36)29-15-22(31-25)33-10-5-6-21(17-33)35-13-12-32(4)26(35)37/h7-8,14-15,21H,5-6,9-13,16-17H2,1-4H3,(H2,28,36)(H,30,31)/t21-/m1/s1. The number of hydrogen-bond donors (Lipinski definition) is 2. The summed E-state index contributed by atoms with van der Waals surface area (Å²) in [5, 5.41) is 3.32. The van der Waals surface area contributed by atoms with E-state index in [2.05, 4.69) is 53.0 Å². The fraction of sp³-hybridized carbons (Fsp3) is 0.556. The molecule has 3 amide bonds. The van der Waals surface area contributed by atoms with Gasteiger partial charge in [-0.15, -0.1) is 0 Å². The van der Waals surface area contributed by atoms with Gasteiger partial charge in [0.1, 0.15) is 5.82 Å². The van der Waals surface area contributed by atoms with E-state index in [-0.39, 0.29) is 23.3 Å². The smallest absolute Gasteiger partial charge is 0.320 e. The van der Waals surface area contributed by atoms with E-state index in [4.69, 9.17) is 10.7 Å². The second kappa shape index (κ2) is 9.81. The number of fused-ring (bicyclic) bond motifs is 1. The van der Waals surface area contributed by atoms with Crippen molar-refractivity contribution in [2.24, 2.45) is 5.73 Å². The van der Waals surface area contributed by atoms with Gasteiger partial charge in [-0.1, -0.05) is 6.07 Å². The van der Waals surface area contributed by atoms with Crippen molar-refractivity contribution in [2.45, 2.75) is 58.2 Å². The van der Waals surface area contributed by atoms with Crippen LogP contribution in [0.3, 0.4) is 0 Å². The molecule has 37 heavy (non-hydrogen) atoms. The molecule has 0 radical (unpaired) electrons. The average molecular weight is 507 g/mol. The zero-order valence-corrected chi connectivity index (χ0v) is 22.3. The molecule has 0 bridgehead atoms. The molecular formula is C27H38N8O2. The lowest BCUT2D eigenvalue weighted by molar-refractivity contribution is 0.0996. The highest BCUT2D eigenvalue weighted by Crippen LogP contribution is 2.30. The van der Waals surface area contributed by atoms with E-state index >= 15 is 0 Å². The maximum atomic E-state index is 12.5. The molecule has 3 N–H and O–H groups in total. The molecule has 5 rings (SSSR count). The number of nitrogens with one attached hydrogen (secondary N) is 1. The number of carbonyl (C=O) groups is 2. The second-order valence-corrected chi connectivity index (χ2v) is 11.4. The minimum atomic E-state index is -0.623. The molecule has 0 spiro atoms. The third-order valence-electron chi connectivity index (χ3n) is 7.83. The number of amides is 3. The van der Waals surface area contributed by atoms with Crippen molar-refractivity contribution in [2.75, 3.05) is 50.0 Å². The van der Waals surface area contributed by atoms with E-state index in [0.717, 1.165) is 57.7 Å². The Balaban J connectivity index is 1.36. The number of carbonyl (C=O) groups excluding carboxylic acids is 2. The second-order valence-electron chi connectivity index (χ2n) is 11.4. The molecule has 1 aromatic carbocycles. The van der Waals surface area contributed by atoms with E-state index in [0.29, 0.717) is 18.2 Å². The highest BCUT2D eigenvalue weighted by atomic mass is 16.2. The molecular weight excluding hydrogens is 468 g/mol. The number of piperidine rings is 1.